The topological polar surface area (TPSA) is 64.6 Å². The molecule has 0 radical (unpaired) electrons. The minimum atomic E-state index is 0.113. The predicted molar refractivity (Wildman–Crippen MR) is 131 cm³/mol. The van der Waals surface area contributed by atoms with E-state index in [-0.39, 0.29) is 11.9 Å². The van der Waals surface area contributed by atoms with E-state index in [4.69, 9.17) is 9.97 Å². The number of fused-ring (bicyclic) bond motifs is 1. The van der Waals surface area contributed by atoms with Gasteiger partial charge in [0.25, 0.3) is 0 Å². The lowest BCUT2D eigenvalue weighted by molar-refractivity contribution is -0.129. The smallest absolute Gasteiger partial charge is 0.219 e. The van der Waals surface area contributed by atoms with E-state index >= 15 is 0 Å². The fraction of sp³-hybridized carbons (Fsp3) is 0.577. The van der Waals surface area contributed by atoms with Gasteiger partial charge in [-0.25, -0.2) is 9.97 Å². The van der Waals surface area contributed by atoms with Crippen LogP contribution in [0, 0.1) is 6.92 Å². The highest BCUT2D eigenvalue weighted by atomic mass is 16.2. The van der Waals surface area contributed by atoms with Gasteiger partial charge < -0.3 is 15.1 Å². The summed E-state index contributed by atoms with van der Waals surface area (Å²) in [6, 6.07) is 7.19. The fourth-order valence-corrected chi connectivity index (χ4v) is 5.75. The Bertz CT molecular complexity index is 1030. The maximum Gasteiger partial charge on any atom is 0.219 e. The summed E-state index contributed by atoms with van der Waals surface area (Å²) in [5.41, 5.74) is 6.29. The Hall–Kier alpha value is -2.67. The number of rotatable bonds is 5. The Kier molecular flexibility index (Phi) is 6.23. The average Bonchev–Trinajstić information content (AvgIpc) is 3.50. The Labute approximate surface area is 197 Å². The summed E-state index contributed by atoms with van der Waals surface area (Å²) in [5.74, 6) is 1.93. The number of benzene rings is 1. The normalized spacial score (nSPS) is 20.9. The third-order valence-corrected chi connectivity index (χ3v) is 7.52. The van der Waals surface area contributed by atoms with Crippen LogP contribution < -0.4 is 10.2 Å². The molecule has 1 unspecified atom stereocenters. The third kappa shape index (κ3) is 4.43. The van der Waals surface area contributed by atoms with Gasteiger partial charge in [0.05, 0.1) is 18.3 Å². The van der Waals surface area contributed by atoms with Crippen LogP contribution in [0.3, 0.4) is 0 Å². The largest absolute Gasteiger partial charge is 0.373 e. The molecule has 0 spiro atoms. The predicted octanol–water partition coefficient (Wildman–Crippen LogP) is 3.67. The number of aryl methyl sites for hydroxylation is 1. The molecule has 2 aromatic rings. The van der Waals surface area contributed by atoms with Crippen LogP contribution in [0.5, 0.6) is 0 Å². The van der Waals surface area contributed by atoms with E-state index in [0.717, 1.165) is 61.8 Å². The standard InChI is InChI=1S/C26H36N6O/c1-18-15-20(8-9-23(18)30-11-4-5-12-30)16-32-13-6-7-24(32)26-28-22-17-31(19(2)33)14-10-21(22)25(27-3)29-26/h8-9,15,24H,4-7,10-14,16-17H2,1-3H3,(H,27,28,29). The molecule has 0 saturated carbocycles. The number of aromatic nitrogens is 2. The van der Waals surface area contributed by atoms with Crippen molar-refractivity contribution < 1.29 is 4.79 Å². The van der Waals surface area contributed by atoms with Gasteiger partial charge in [-0.15, -0.1) is 0 Å². The lowest BCUT2D eigenvalue weighted by Crippen LogP contribution is -2.36. The highest BCUT2D eigenvalue weighted by Gasteiger charge is 2.31. The molecule has 1 atom stereocenters. The van der Waals surface area contributed by atoms with Crippen molar-refractivity contribution in [1.29, 1.82) is 0 Å². The molecule has 3 aliphatic heterocycles. The van der Waals surface area contributed by atoms with E-state index < -0.39 is 0 Å². The molecule has 2 fully saturated rings. The van der Waals surface area contributed by atoms with Crippen LogP contribution in [0.2, 0.25) is 0 Å². The molecule has 1 N–H and O–H groups in total. The molecule has 1 aromatic heterocycles. The number of hydrogen-bond acceptors (Lipinski definition) is 6. The zero-order valence-corrected chi connectivity index (χ0v) is 20.2. The first kappa shape index (κ1) is 22.1. The van der Waals surface area contributed by atoms with E-state index in [1.807, 2.05) is 11.9 Å². The first-order valence-electron chi connectivity index (χ1n) is 12.4. The number of likely N-dealkylation sites (tertiary alicyclic amines) is 1. The summed E-state index contributed by atoms with van der Waals surface area (Å²) >= 11 is 0. The molecule has 3 aliphatic rings. The lowest BCUT2D eigenvalue weighted by atomic mass is 10.0. The molecule has 0 aliphatic carbocycles. The number of anilines is 2. The maximum absolute atomic E-state index is 12.0. The van der Waals surface area contributed by atoms with Crippen molar-refractivity contribution in [3.63, 3.8) is 0 Å². The summed E-state index contributed by atoms with van der Waals surface area (Å²) < 4.78 is 0. The molecule has 5 rings (SSSR count). The number of amides is 1. The SMILES string of the molecule is CNc1nc(C2CCCN2Cc2ccc(N3CCCC3)c(C)c2)nc2c1CCN(C(C)=O)C2. The van der Waals surface area contributed by atoms with Gasteiger partial charge in [-0.1, -0.05) is 12.1 Å². The van der Waals surface area contributed by atoms with Crippen molar-refractivity contribution in [2.75, 3.05) is 43.4 Å². The Morgan fingerprint density at radius 3 is 2.67 bits per heavy atom. The highest BCUT2D eigenvalue weighted by Crippen LogP contribution is 2.35. The van der Waals surface area contributed by atoms with E-state index in [0.29, 0.717) is 6.54 Å². The van der Waals surface area contributed by atoms with Crippen LogP contribution in [0.1, 0.15) is 66.9 Å². The van der Waals surface area contributed by atoms with Gasteiger partial charge in [0.2, 0.25) is 5.91 Å². The molecule has 1 aromatic carbocycles. The molecule has 7 heteroatoms. The van der Waals surface area contributed by atoms with Crippen molar-refractivity contribution in [2.24, 2.45) is 0 Å². The molecule has 2 saturated heterocycles. The van der Waals surface area contributed by atoms with Crippen LogP contribution >= 0.6 is 0 Å². The van der Waals surface area contributed by atoms with Gasteiger partial charge in [0.1, 0.15) is 11.6 Å². The summed E-state index contributed by atoms with van der Waals surface area (Å²) in [6.07, 6.45) is 5.64. The van der Waals surface area contributed by atoms with Gasteiger partial charge in [-0.05, 0) is 62.8 Å². The Morgan fingerprint density at radius 1 is 1.12 bits per heavy atom. The minimum absolute atomic E-state index is 0.113. The number of nitrogens with one attached hydrogen (secondary N) is 1. The molecular weight excluding hydrogens is 412 g/mol. The molecular formula is C26H36N6O. The van der Waals surface area contributed by atoms with E-state index in [2.05, 4.69) is 40.2 Å². The first-order chi connectivity index (χ1) is 16.0. The molecule has 0 bridgehead atoms. The highest BCUT2D eigenvalue weighted by molar-refractivity contribution is 5.73. The zero-order chi connectivity index (χ0) is 22.9. The van der Waals surface area contributed by atoms with Gasteiger partial charge >= 0.3 is 0 Å². The summed E-state index contributed by atoms with van der Waals surface area (Å²) in [6.45, 7) is 9.54. The number of nitrogens with zero attached hydrogens (tertiary/aromatic N) is 5. The summed E-state index contributed by atoms with van der Waals surface area (Å²) in [4.78, 5) is 28.9. The summed E-state index contributed by atoms with van der Waals surface area (Å²) in [5, 5.41) is 3.29. The van der Waals surface area contributed by atoms with Crippen LogP contribution in [0.4, 0.5) is 11.5 Å². The number of carbonyl (C=O) groups excluding carboxylic acids is 1. The third-order valence-electron chi connectivity index (χ3n) is 7.52. The molecule has 7 nitrogen and oxygen atoms in total. The van der Waals surface area contributed by atoms with Crippen molar-refractivity contribution in [2.45, 2.75) is 65.1 Å². The van der Waals surface area contributed by atoms with Crippen molar-refractivity contribution >= 4 is 17.4 Å². The Balaban J connectivity index is 1.37. The van der Waals surface area contributed by atoms with Crippen LogP contribution in [0.15, 0.2) is 18.2 Å². The molecule has 1 amide bonds. The van der Waals surface area contributed by atoms with Crippen molar-refractivity contribution in [3.05, 3.63) is 46.4 Å². The zero-order valence-electron chi connectivity index (χ0n) is 20.2. The number of carbonyl (C=O) groups is 1. The van der Waals surface area contributed by atoms with Gasteiger partial charge in [0.15, 0.2) is 0 Å². The monoisotopic (exact) mass is 448 g/mol. The second kappa shape index (κ2) is 9.29. The lowest BCUT2D eigenvalue weighted by Gasteiger charge is -2.30. The fourth-order valence-electron chi connectivity index (χ4n) is 5.75. The summed E-state index contributed by atoms with van der Waals surface area (Å²) in [7, 11) is 1.93. The maximum atomic E-state index is 12.0. The average molecular weight is 449 g/mol. The van der Waals surface area contributed by atoms with E-state index in [1.165, 1.54) is 42.7 Å². The van der Waals surface area contributed by atoms with Crippen LogP contribution in [-0.2, 0) is 24.3 Å². The van der Waals surface area contributed by atoms with Gasteiger partial charge in [0, 0.05) is 51.4 Å². The Morgan fingerprint density at radius 2 is 1.94 bits per heavy atom. The molecule has 176 valence electrons. The first-order valence-corrected chi connectivity index (χ1v) is 12.4. The quantitative estimate of drug-likeness (QED) is 0.753. The second-order valence-electron chi connectivity index (χ2n) is 9.74. The van der Waals surface area contributed by atoms with Crippen molar-refractivity contribution in [1.82, 2.24) is 19.8 Å². The van der Waals surface area contributed by atoms with Gasteiger partial charge in [-0.3, -0.25) is 9.69 Å². The van der Waals surface area contributed by atoms with Crippen LogP contribution in [0.25, 0.3) is 0 Å². The number of hydrogen-bond donors (Lipinski definition) is 1. The van der Waals surface area contributed by atoms with Crippen molar-refractivity contribution in [3.8, 4) is 0 Å². The van der Waals surface area contributed by atoms with E-state index in [1.54, 1.807) is 6.92 Å². The van der Waals surface area contributed by atoms with E-state index in [9.17, 15) is 4.79 Å². The van der Waals surface area contributed by atoms with Gasteiger partial charge in [-0.2, -0.15) is 0 Å². The molecule has 4 heterocycles. The minimum Gasteiger partial charge on any atom is -0.373 e. The second-order valence-corrected chi connectivity index (χ2v) is 9.74. The van der Waals surface area contributed by atoms with Crippen LogP contribution in [-0.4, -0.2) is 58.9 Å². The molecule has 33 heavy (non-hydrogen) atoms.